The maximum absolute atomic E-state index is 13.1. The average Bonchev–Trinajstić information content (AvgIpc) is 2.67. The van der Waals surface area contributed by atoms with Gasteiger partial charge in [-0.3, -0.25) is 0 Å². The van der Waals surface area contributed by atoms with Crippen LogP contribution in [-0.4, -0.2) is 19.4 Å². The van der Waals surface area contributed by atoms with Gasteiger partial charge in [-0.05, 0) is 36.2 Å². The van der Waals surface area contributed by atoms with Crippen molar-refractivity contribution in [2.24, 2.45) is 0 Å². The monoisotopic (exact) mass is 455 g/mol. The molecule has 0 saturated carbocycles. The summed E-state index contributed by atoms with van der Waals surface area (Å²) in [5.74, 6) is 0. The molecule has 1 fully saturated rings. The zero-order valence-corrected chi connectivity index (χ0v) is 16.6. The van der Waals surface area contributed by atoms with E-state index in [0.29, 0.717) is 25.3 Å². The molecule has 1 aliphatic rings. The molecule has 0 spiro atoms. The van der Waals surface area contributed by atoms with Crippen molar-refractivity contribution in [1.29, 1.82) is 0 Å². The molecule has 0 bridgehead atoms. The van der Waals surface area contributed by atoms with Crippen LogP contribution in [0.3, 0.4) is 0 Å². The molecule has 0 amide bonds. The van der Waals surface area contributed by atoms with Crippen LogP contribution in [0.2, 0.25) is 0 Å². The maximum atomic E-state index is 13.1. The van der Waals surface area contributed by atoms with E-state index in [1.807, 2.05) is 30.3 Å². The number of rotatable bonds is 4. The quantitative estimate of drug-likeness (QED) is 0.581. The minimum Gasteiger partial charge on any atom is -0.349 e. The van der Waals surface area contributed by atoms with Gasteiger partial charge in [-0.15, -0.1) is 12.4 Å². The first-order valence-electron chi connectivity index (χ1n) is 8.90. The molecule has 3 atom stereocenters. The van der Waals surface area contributed by atoms with Crippen LogP contribution in [0.5, 0.6) is 0 Å². The highest BCUT2D eigenvalue weighted by atomic mass is 35.5. The standard InChI is InChI=1S/C20H19F6NO2.ClH/c1-12(14-9-15(19(21,22)23)11-16(10-14)20(24,25)26)29-18-17(27-7-8-28-18)13-5-3-2-4-6-13;/h2-6,9-12,17-18,27H,7-8H2,1H3;1H/t12?,17-,18+;/m0./s1. The van der Waals surface area contributed by atoms with Crippen LogP contribution in [0, 0.1) is 0 Å². The van der Waals surface area contributed by atoms with Crippen molar-refractivity contribution < 1.29 is 35.8 Å². The second kappa shape index (κ2) is 9.55. The van der Waals surface area contributed by atoms with Crippen LogP contribution in [0.15, 0.2) is 48.5 Å². The molecule has 10 heteroatoms. The van der Waals surface area contributed by atoms with Gasteiger partial charge in [0.15, 0.2) is 6.29 Å². The van der Waals surface area contributed by atoms with Gasteiger partial charge in [-0.2, -0.15) is 26.3 Å². The lowest BCUT2D eigenvalue weighted by molar-refractivity contribution is -0.200. The summed E-state index contributed by atoms with van der Waals surface area (Å²) in [5, 5.41) is 3.20. The van der Waals surface area contributed by atoms with E-state index in [0.717, 1.165) is 5.56 Å². The van der Waals surface area contributed by atoms with Crippen LogP contribution >= 0.6 is 12.4 Å². The highest BCUT2D eigenvalue weighted by Gasteiger charge is 2.38. The van der Waals surface area contributed by atoms with E-state index in [4.69, 9.17) is 9.47 Å². The summed E-state index contributed by atoms with van der Waals surface area (Å²) in [6, 6.07) is 10.2. The van der Waals surface area contributed by atoms with Gasteiger partial charge < -0.3 is 14.8 Å². The fourth-order valence-electron chi connectivity index (χ4n) is 3.13. The van der Waals surface area contributed by atoms with Crippen LogP contribution in [0.1, 0.15) is 41.3 Å². The average molecular weight is 456 g/mol. The van der Waals surface area contributed by atoms with Gasteiger partial charge in [0.2, 0.25) is 0 Å². The first-order chi connectivity index (χ1) is 13.6. The van der Waals surface area contributed by atoms with Crippen LogP contribution in [0.4, 0.5) is 26.3 Å². The van der Waals surface area contributed by atoms with Crippen molar-refractivity contribution in [3.8, 4) is 0 Å². The van der Waals surface area contributed by atoms with E-state index in [1.165, 1.54) is 6.92 Å². The molecule has 0 radical (unpaired) electrons. The van der Waals surface area contributed by atoms with Gasteiger partial charge in [-0.25, -0.2) is 0 Å². The summed E-state index contributed by atoms with van der Waals surface area (Å²) < 4.78 is 90.0. The Labute approximate surface area is 175 Å². The van der Waals surface area contributed by atoms with Gasteiger partial charge in [0.05, 0.1) is 29.9 Å². The number of benzene rings is 2. The van der Waals surface area contributed by atoms with E-state index >= 15 is 0 Å². The molecule has 0 aliphatic carbocycles. The Morgan fingerprint density at radius 3 is 2.07 bits per heavy atom. The number of alkyl halides is 6. The fourth-order valence-corrected chi connectivity index (χ4v) is 3.13. The molecule has 1 saturated heterocycles. The minimum absolute atomic E-state index is 0. The highest BCUT2D eigenvalue weighted by molar-refractivity contribution is 5.85. The molecule has 30 heavy (non-hydrogen) atoms. The highest BCUT2D eigenvalue weighted by Crippen LogP contribution is 2.38. The first kappa shape index (κ1) is 24.5. The Hall–Kier alpha value is -1.81. The number of nitrogens with one attached hydrogen (secondary N) is 1. The second-order valence-electron chi connectivity index (χ2n) is 6.70. The van der Waals surface area contributed by atoms with Crippen LogP contribution in [-0.2, 0) is 21.8 Å². The molecule has 1 heterocycles. The molecule has 1 aliphatic heterocycles. The summed E-state index contributed by atoms with van der Waals surface area (Å²) in [6.07, 6.45) is -11.8. The first-order valence-corrected chi connectivity index (χ1v) is 8.90. The Morgan fingerprint density at radius 2 is 1.53 bits per heavy atom. The normalized spacial score (nSPS) is 21.0. The molecule has 166 valence electrons. The lowest BCUT2D eigenvalue weighted by Crippen LogP contribution is -2.43. The van der Waals surface area contributed by atoms with E-state index in [-0.39, 0.29) is 24.0 Å². The van der Waals surface area contributed by atoms with Crippen molar-refractivity contribution in [3.63, 3.8) is 0 Å². The number of halogens is 7. The Morgan fingerprint density at radius 1 is 0.967 bits per heavy atom. The van der Waals surface area contributed by atoms with Gasteiger partial charge >= 0.3 is 12.4 Å². The third-order valence-corrected chi connectivity index (χ3v) is 4.60. The lowest BCUT2D eigenvalue weighted by atomic mass is 10.0. The van der Waals surface area contributed by atoms with Gasteiger partial charge in [0.1, 0.15) is 0 Å². The van der Waals surface area contributed by atoms with Crippen molar-refractivity contribution >= 4 is 12.4 Å². The number of hydrogen-bond acceptors (Lipinski definition) is 3. The number of hydrogen-bond donors (Lipinski definition) is 1. The Balaban J connectivity index is 0.00000320. The van der Waals surface area contributed by atoms with Gasteiger partial charge in [0.25, 0.3) is 0 Å². The van der Waals surface area contributed by atoms with E-state index in [2.05, 4.69) is 5.32 Å². The Bertz CT molecular complexity index is 796. The van der Waals surface area contributed by atoms with Gasteiger partial charge in [0, 0.05) is 6.54 Å². The van der Waals surface area contributed by atoms with E-state index in [1.54, 1.807) is 0 Å². The summed E-state index contributed by atoms with van der Waals surface area (Å²) in [4.78, 5) is 0. The van der Waals surface area contributed by atoms with E-state index in [9.17, 15) is 26.3 Å². The van der Waals surface area contributed by atoms with Crippen molar-refractivity contribution in [2.75, 3.05) is 13.2 Å². The predicted octanol–water partition coefficient (Wildman–Crippen LogP) is 5.91. The largest absolute Gasteiger partial charge is 0.416 e. The van der Waals surface area contributed by atoms with E-state index < -0.39 is 41.9 Å². The molecule has 3 nitrogen and oxygen atoms in total. The molecular formula is C20H20ClF6NO2. The maximum Gasteiger partial charge on any atom is 0.416 e. The predicted molar refractivity (Wildman–Crippen MR) is 100 cm³/mol. The minimum atomic E-state index is -4.91. The van der Waals surface area contributed by atoms with Gasteiger partial charge in [-0.1, -0.05) is 30.3 Å². The smallest absolute Gasteiger partial charge is 0.349 e. The zero-order valence-electron chi connectivity index (χ0n) is 15.8. The lowest BCUT2D eigenvalue weighted by Gasteiger charge is -2.34. The fraction of sp³-hybridized carbons (Fsp3) is 0.400. The van der Waals surface area contributed by atoms with Crippen LogP contribution < -0.4 is 5.32 Å². The zero-order chi connectivity index (χ0) is 21.2. The molecule has 3 rings (SSSR count). The van der Waals surface area contributed by atoms with Crippen molar-refractivity contribution in [1.82, 2.24) is 5.32 Å². The summed E-state index contributed by atoms with van der Waals surface area (Å²) in [7, 11) is 0. The third kappa shape index (κ3) is 5.87. The second-order valence-corrected chi connectivity index (χ2v) is 6.70. The molecular weight excluding hydrogens is 436 g/mol. The molecule has 1 N–H and O–H groups in total. The molecule has 2 aromatic carbocycles. The molecule has 2 aromatic rings. The SMILES string of the molecule is CC(O[C@H]1OCCN[C@H]1c1ccccc1)c1cc(C(F)(F)F)cc(C(F)(F)F)c1.Cl. The summed E-state index contributed by atoms with van der Waals surface area (Å²) in [5.41, 5.74) is -2.14. The third-order valence-electron chi connectivity index (χ3n) is 4.60. The topological polar surface area (TPSA) is 30.5 Å². The Kier molecular flexibility index (Phi) is 7.79. The summed E-state index contributed by atoms with van der Waals surface area (Å²) >= 11 is 0. The number of ether oxygens (including phenoxy) is 2. The number of morpholine rings is 1. The van der Waals surface area contributed by atoms with Crippen molar-refractivity contribution in [3.05, 3.63) is 70.8 Å². The molecule has 0 aromatic heterocycles. The summed E-state index contributed by atoms with van der Waals surface area (Å²) in [6.45, 7) is 2.24. The van der Waals surface area contributed by atoms with Crippen LogP contribution in [0.25, 0.3) is 0 Å². The molecule has 1 unspecified atom stereocenters. The van der Waals surface area contributed by atoms with Crippen molar-refractivity contribution in [2.45, 2.75) is 37.7 Å².